The zero-order valence-electron chi connectivity index (χ0n) is 28.2. The van der Waals surface area contributed by atoms with Crippen molar-refractivity contribution in [3.05, 3.63) is 161 Å². The Hall–Kier alpha value is -4.82. The predicted octanol–water partition coefficient (Wildman–Crippen LogP) is 11.7. The molecule has 5 aromatic carbocycles. The molecular weight excluding hydrogens is 572 g/mol. The van der Waals surface area contributed by atoms with E-state index in [2.05, 4.69) is 168 Å². The summed E-state index contributed by atoms with van der Waals surface area (Å²) in [6, 6.07) is 42.3. The van der Waals surface area contributed by atoms with Gasteiger partial charge in [0.25, 0.3) is 0 Å². The summed E-state index contributed by atoms with van der Waals surface area (Å²) in [5.41, 5.74) is 11.7. The van der Waals surface area contributed by atoms with Crippen LogP contribution in [0.1, 0.15) is 75.3 Å². The van der Waals surface area contributed by atoms with Crippen molar-refractivity contribution < 1.29 is 9.47 Å². The first-order chi connectivity index (χ1) is 22.8. The highest BCUT2D eigenvalue weighted by Crippen LogP contribution is 2.57. The second kappa shape index (κ2) is 12.4. The van der Waals surface area contributed by atoms with Gasteiger partial charge in [-0.1, -0.05) is 130 Å². The van der Waals surface area contributed by atoms with Gasteiger partial charge in [-0.15, -0.1) is 0 Å². The van der Waals surface area contributed by atoms with Gasteiger partial charge in [0.2, 0.25) is 0 Å². The number of allylic oxidation sites excluding steroid dienone is 4. The first-order valence-corrected chi connectivity index (χ1v) is 17.0. The zero-order chi connectivity index (χ0) is 32.6. The van der Waals surface area contributed by atoms with Crippen LogP contribution in [0.25, 0.3) is 27.8 Å². The summed E-state index contributed by atoms with van der Waals surface area (Å²) in [6.07, 6.45) is 9.06. The Morgan fingerprint density at radius 3 is 1.83 bits per heavy atom. The molecule has 47 heavy (non-hydrogen) atoms. The van der Waals surface area contributed by atoms with Gasteiger partial charge in [-0.3, -0.25) is 0 Å². The quantitative estimate of drug-likeness (QED) is 0.169. The highest BCUT2D eigenvalue weighted by atomic mass is 16.5. The Balaban J connectivity index is 1.53. The largest absolute Gasteiger partial charge is 0.492 e. The summed E-state index contributed by atoms with van der Waals surface area (Å²) < 4.78 is 13.0. The molecule has 0 aliphatic heterocycles. The first kappa shape index (κ1) is 30.8. The molecule has 0 radical (unpaired) electrons. The zero-order valence-corrected chi connectivity index (χ0v) is 28.2. The van der Waals surface area contributed by atoms with E-state index >= 15 is 0 Å². The van der Waals surface area contributed by atoms with Crippen molar-refractivity contribution in [2.45, 2.75) is 59.0 Å². The summed E-state index contributed by atoms with van der Waals surface area (Å²) in [7, 11) is 0. The molecule has 0 aromatic heterocycles. The molecule has 0 saturated heterocycles. The molecule has 2 aliphatic rings. The Labute approximate surface area is 280 Å². The van der Waals surface area contributed by atoms with Crippen molar-refractivity contribution in [1.29, 1.82) is 0 Å². The highest BCUT2D eigenvalue weighted by molar-refractivity contribution is 5.88. The number of fused-ring (bicyclic) bond motifs is 3. The fraction of sp³-hybridized carbons (Fsp3) is 0.244. The summed E-state index contributed by atoms with van der Waals surface area (Å²) >= 11 is 0. The minimum atomic E-state index is -0.552. The van der Waals surface area contributed by atoms with Gasteiger partial charge in [0.15, 0.2) is 0 Å². The maximum absolute atomic E-state index is 6.57. The lowest BCUT2D eigenvalue weighted by atomic mass is 9.67. The lowest BCUT2D eigenvalue weighted by Gasteiger charge is -2.35. The monoisotopic (exact) mass is 616 g/mol. The average Bonchev–Trinajstić information content (AvgIpc) is 3.39. The fourth-order valence-corrected chi connectivity index (χ4v) is 7.21. The number of rotatable bonds is 8. The van der Waals surface area contributed by atoms with Crippen molar-refractivity contribution in [3.63, 3.8) is 0 Å². The van der Waals surface area contributed by atoms with Gasteiger partial charge < -0.3 is 9.47 Å². The smallest absolute Gasteiger partial charge is 0.127 e. The first-order valence-electron chi connectivity index (χ1n) is 17.0. The van der Waals surface area contributed by atoms with Crippen molar-refractivity contribution in [2.75, 3.05) is 6.61 Å². The van der Waals surface area contributed by atoms with E-state index in [0.717, 1.165) is 41.0 Å². The fourth-order valence-electron chi connectivity index (χ4n) is 7.21. The van der Waals surface area contributed by atoms with Crippen LogP contribution >= 0.6 is 0 Å². The van der Waals surface area contributed by atoms with Crippen LogP contribution in [-0.4, -0.2) is 12.7 Å². The van der Waals surface area contributed by atoms with Gasteiger partial charge in [-0.25, -0.2) is 0 Å². The second-order valence-corrected chi connectivity index (χ2v) is 14.3. The van der Waals surface area contributed by atoms with Gasteiger partial charge in [0.05, 0.1) is 18.1 Å². The summed E-state index contributed by atoms with van der Waals surface area (Å²) in [5.74, 6) is 1.83. The third-order valence-corrected chi connectivity index (χ3v) is 9.19. The topological polar surface area (TPSA) is 18.5 Å². The van der Waals surface area contributed by atoms with E-state index in [0.29, 0.717) is 6.61 Å². The predicted molar refractivity (Wildman–Crippen MR) is 196 cm³/mol. The van der Waals surface area contributed by atoms with Crippen LogP contribution in [0.2, 0.25) is 0 Å². The molecular formula is C45H44O2. The number of benzene rings is 5. The van der Waals surface area contributed by atoms with Crippen LogP contribution in [-0.2, 0) is 5.41 Å². The molecule has 236 valence electrons. The van der Waals surface area contributed by atoms with Crippen LogP contribution in [0.15, 0.2) is 133 Å². The molecule has 0 spiro atoms. The van der Waals surface area contributed by atoms with E-state index in [4.69, 9.17) is 9.47 Å². The van der Waals surface area contributed by atoms with Crippen LogP contribution in [0, 0.1) is 5.41 Å². The van der Waals surface area contributed by atoms with E-state index in [-0.39, 0.29) is 11.5 Å². The van der Waals surface area contributed by atoms with E-state index in [1.165, 1.54) is 39.0 Å². The van der Waals surface area contributed by atoms with E-state index in [1.807, 2.05) is 0 Å². The minimum Gasteiger partial charge on any atom is -0.492 e. The number of ether oxygens (including phenoxy) is 2. The molecule has 0 heterocycles. The molecule has 0 atom stereocenters. The molecule has 0 amide bonds. The lowest BCUT2D eigenvalue weighted by molar-refractivity contribution is 0.198. The highest BCUT2D eigenvalue weighted by Gasteiger charge is 2.46. The van der Waals surface area contributed by atoms with Crippen molar-refractivity contribution >= 4 is 5.57 Å². The molecule has 0 unspecified atom stereocenters. The van der Waals surface area contributed by atoms with Crippen LogP contribution in [0.5, 0.6) is 11.5 Å². The molecule has 0 N–H and O–H groups in total. The molecule has 0 fully saturated rings. The SMILES string of the molecule is CC(C)Oc1ccc(C2(c3ccc(OCC(C)(C)C)c(-c4ccccc4)c3)c3ccccc3-c3ccccc32)cc1C1=CCCC=C1. The van der Waals surface area contributed by atoms with Crippen LogP contribution in [0.3, 0.4) is 0 Å². The number of hydrogen-bond donors (Lipinski definition) is 0. The van der Waals surface area contributed by atoms with Crippen molar-refractivity contribution in [2.24, 2.45) is 5.41 Å². The molecule has 0 saturated carbocycles. The molecule has 2 aliphatic carbocycles. The summed E-state index contributed by atoms with van der Waals surface area (Å²) in [5, 5.41) is 0. The minimum absolute atomic E-state index is 0.0373. The summed E-state index contributed by atoms with van der Waals surface area (Å²) in [6.45, 7) is 11.5. The average molecular weight is 617 g/mol. The molecule has 2 nitrogen and oxygen atoms in total. The van der Waals surface area contributed by atoms with E-state index < -0.39 is 5.41 Å². The van der Waals surface area contributed by atoms with Crippen molar-refractivity contribution in [3.8, 4) is 33.8 Å². The Morgan fingerprint density at radius 2 is 1.23 bits per heavy atom. The standard InChI is InChI=1S/C45H44O2/c1-31(2)47-43-27-25-35(29-39(43)33-18-10-7-11-19-33)45(40-22-14-12-20-36(40)37-21-13-15-23-41(37)45)34-24-26-42(46-30-44(3,4)5)38(28-34)32-16-8-6-9-17-32/h6,8-10,12-29,31H,7,11,30H2,1-5H3. The Morgan fingerprint density at radius 1 is 0.638 bits per heavy atom. The third kappa shape index (κ3) is 5.71. The van der Waals surface area contributed by atoms with E-state index in [9.17, 15) is 0 Å². The maximum Gasteiger partial charge on any atom is 0.127 e. The normalized spacial score (nSPS) is 14.8. The molecule has 2 heteroatoms. The molecule has 0 bridgehead atoms. The Bertz CT molecular complexity index is 1920. The lowest BCUT2D eigenvalue weighted by Crippen LogP contribution is -2.29. The molecule has 7 rings (SSSR count). The Kier molecular flexibility index (Phi) is 8.14. The van der Waals surface area contributed by atoms with Gasteiger partial charge >= 0.3 is 0 Å². The van der Waals surface area contributed by atoms with Gasteiger partial charge in [-0.2, -0.15) is 0 Å². The third-order valence-electron chi connectivity index (χ3n) is 9.19. The number of hydrogen-bond acceptors (Lipinski definition) is 2. The van der Waals surface area contributed by atoms with Gasteiger partial charge in [0, 0.05) is 11.1 Å². The van der Waals surface area contributed by atoms with Crippen LogP contribution in [0.4, 0.5) is 0 Å². The summed E-state index contributed by atoms with van der Waals surface area (Å²) in [4.78, 5) is 0. The van der Waals surface area contributed by atoms with Gasteiger partial charge in [0.1, 0.15) is 11.5 Å². The molecule has 5 aromatic rings. The van der Waals surface area contributed by atoms with Crippen molar-refractivity contribution in [1.82, 2.24) is 0 Å². The van der Waals surface area contributed by atoms with Gasteiger partial charge in [-0.05, 0) is 101 Å². The second-order valence-electron chi connectivity index (χ2n) is 14.3. The van der Waals surface area contributed by atoms with Crippen LogP contribution < -0.4 is 9.47 Å². The maximum atomic E-state index is 6.57. The van der Waals surface area contributed by atoms with E-state index in [1.54, 1.807) is 0 Å².